The van der Waals surface area contributed by atoms with Crippen molar-refractivity contribution in [2.45, 2.75) is 13.0 Å². The van der Waals surface area contributed by atoms with Gasteiger partial charge in [0.1, 0.15) is 23.5 Å². The highest BCUT2D eigenvalue weighted by Crippen LogP contribution is 2.31. The summed E-state index contributed by atoms with van der Waals surface area (Å²) in [5, 5.41) is 22.7. The SMILES string of the molecule is N#Cc1cc(-c2ncn(CC(F)F)c2-c2ccc3ncc(C#N)n3n2)ccn1. The van der Waals surface area contributed by atoms with Crippen LogP contribution in [0.1, 0.15) is 11.4 Å². The highest BCUT2D eigenvalue weighted by molar-refractivity contribution is 5.77. The Hall–Kier alpha value is -4.18. The Kier molecular flexibility index (Phi) is 4.22. The first-order chi connectivity index (χ1) is 13.6. The predicted octanol–water partition coefficient (Wildman–Crippen LogP) is 2.66. The molecule has 10 heteroatoms. The lowest BCUT2D eigenvalue weighted by Gasteiger charge is -2.10. The minimum atomic E-state index is -2.60. The summed E-state index contributed by atoms with van der Waals surface area (Å²) >= 11 is 0. The molecular formula is C18H10F2N8. The average Bonchev–Trinajstić information content (AvgIpc) is 3.30. The van der Waals surface area contributed by atoms with Crippen molar-refractivity contribution in [3.05, 3.63) is 54.4 Å². The largest absolute Gasteiger partial charge is 0.323 e. The molecule has 0 radical (unpaired) electrons. The molecule has 0 aromatic carbocycles. The van der Waals surface area contributed by atoms with E-state index in [4.69, 9.17) is 5.26 Å². The van der Waals surface area contributed by atoms with Crippen LogP contribution in [0.5, 0.6) is 0 Å². The topological polar surface area (TPSA) is 108 Å². The van der Waals surface area contributed by atoms with Gasteiger partial charge in [-0.25, -0.2) is 28.2 Å². The molecular weight excluding hydrogens is 366 g/mol. The van der Waals surface area contributed by atoms with Crippen molar-refractivity contribution in [3.63, 3.8) is 0 Å². The number of nitriles is 2. The van der Waals surface area contributed by atoms with E-state index in [9.17, 15) is 14.0 Å². The van der Waals surface area contributed by atoms with E-state index in [-0.39, 0.29) is 11.4 Å². The Morgan fingerprint density at radius 3 is 2.68 bits per heavy atom. The molecule has 4 aromatic rings. The Labute approximate surface area is 157 Å². The van der Waals surface area contributed by atoms with Gasteiger partial charge >= 0.3 is 0 Å². The van der Waals surface area contributed by atoms with Gasteiger partial charge in [0.15, 0.2) is 11.3 Å². The van der Waals surface area contributed by atoms with Crippen molar-refractivity contribution in [1.82, 2.24) is 29.1 Å². The number of alkyl halides is 2. The molecule has 0 amide bonds. The van der Waals surface area contributed by atoms with Crippen molar-refractivity contribution in [2.24, 2.45) is 0 Å². The molecule has 0 fully saturated rings. The molecule has 0 aliphatic carbocycles. The van der Waals surface area contributed by atoms with Crippen molar-refractivity contribution < 1.29 is 8.78 Å². The van der Waals surface area contributed by atoms with Crippen molar-refractivity contribution >= 4 is 5.65 Å². The lowest BCUT2D eigenvalue weighted by atomic mass is 10.1. The van der Waals surface area contributed by atoms with Crippen LogP contribution in [0.4, 0.5) is 8.78 Å². The van der Waals surface area contributed by atoms with E-state index in [1.54, 1.807) is 18.2 Å². The summed E-state index contributed by atoms with van der Waals surface area (Å²) in [7, 11) is 0. The molecule has 0 spiro atoms. The maximum Gasteiger partial charge on any atom is 0.256 e. The molecule has 8 nitrogen and oxygen atoms in total. The van der Waals surface area contributed by atoms with Gasteiger partial charge in [-0.3, -0.25) is 0 Å². The number of hydrogen-bond donors (Lipinski definition) is 0. The van der Waals surface area contributed by atoms with E-state index < -0.39 is 13.0 Å². The Morgan fingerprint density at radius 1 is 1.07 bits per heavy atom. The number of rotatable bonds is 4. The van der Waals surface area contributed by atoms with Gasteiger partial charge < -0.3 is 4.57 Å². The summed E-state index contributed by atoms with van der Waals surface area (Å²) in [6.07, 6.45) is 1.53. The summed E-state index contributed by atoms with van der Waals surface area (Å²) in [6, 6.07) is 10.3. The second-order valence-corrected chi connectivity index (χ2v) is 5.77. The molecule has 0 N–H and O–H groups in total. The Bertz CT molecular complexity index is 1260. The van der Waals surface area contributed by atoms with E-state index in [0.717, 1.165) is 0 Å². The van der Waals surface area contributed by atoms with Crippen LogP contribution in [0, 0.1) is 22.7 Å². The summed E-state index contributed by atoms with van der Waals surface area (Å²) in [5.41, 5.74) is 2.45. The predicted molar refractivity (Wildman–Crippen MR) is 92.9 cm³/mol. The van der Waals surface area contributed by atoms with Crippen LogP contribution in [0.25, 0.3) is 28.3 Å². The Balaban J connectivity index is 1.95. The van der Waals surface area contributed by atoms with Crippen LogP contribution in [0.2, 0.25) is 0 Å². The zero-order valence-electron chi connectivity index (χ0n) is 14.2. The van der Waals surface area contributed by atoms with Gasteiger partial charge in [0.2, 0.25) is 0 Å². The molecule has 0 saturated carbocycles. The molecule has 4 rings (SSSR count). The summed E-state index contributed by atoms with van der Waals surface area (Å²) in [4.78, 5) is 12.3. The number of hydrogen-bond acceptors (Lipinski definition) is 6. The van der Waals surface area contributed by atoms with E-state index >= 15 is 0 Å². The van der Waals surface area contributed by atoms with Crippen molar-refractivity contribution in [3.8, 4) is 34.8 Å². The lowest BCUT2D eigenvalue weighted by molar-refractivity contribution is 0.127. The molecule has 0 saturated heterocycles. The van der Waals surface area contributed by atoms with Gasteiger partial charge in [0.25, 0.3) is 6.43 Å². The minimum absolute atomic E-state index is 0.177. The van der Waals surface area contributed by atoms with E-state index in [1.165, 1.54) is 33.9 Å². The molecule has 4 heterocycles. The van der Waals surface area contributed by atoms with Gasteiger partial charge in [-0.1, -0.05) is 0 Å². The third kappa shape index (κ3) is 2.93. The van der Waals surface area contributed by atoms with Crippen molar-refractivity contribution in [1.29, 1.82) is 10.5 Å². The molecule has 0 atom stereocenters. The highest BCUT2D eigenvalue weighted by Gasteiger charge is 2.20. The summed E-state index contributed by atoms with van der Waals surface area (Å²) in [5.74, 6) is 0. The molecule has 0 unspecified atom stereocenters. The highest BCUT2D eigenvalue weighted by atomic mass is 19.3. The van der Waals surface area contributed by atoms with E-state index in [0.29, 0.717) is 28.3 Å². The van der Waals surface area contributed by atoms with E-state index in [1.807, 2.05) is 12.1 Å². The monoisotopic (exact) mass is 376 g/mol. The number of nitrogens with zero attached hydrogens (tertiary/aromatic N) is 8. The number of aromatic nitrogens is 6. The smallest absolute Gasteiger partial charge is 0.256 e. The van der Waals surface area contributed by atoms with Crippen LogP contribution in [0.15, 0.2) is 43.0 Å². The van der Waals surface area contributed by atoms with Gasteiger partial charge in [-0.15, -0.1) is 0 Å². The summed E-state index contributed by atoms with van der Waals surface area (Å²) in [6.45, 7) is -0.576. The van der Waals surface area contributed by atoms with Crippen LogP contribution >= 0.6 is 0 Å². The lowest BCUT2D eigenvalue weighted by Crippen LogP contribution is -2.08. The zero-order valence-corrected chi connectivity index (χ0v) is 14.2. The maximum absolute atomic E-state index is 13.1. The second-order valence-electron chi connectivity index (χ2n) is 5.77. The molecule has 0 aliphatic heterocycles. The number of pyridine rings is 1. The number of imidazole rings is 2. The van der Waals surface area contributed by atoms with Crippen LogP contribution in [-0.4, -0.2) is 35.6 Å². The molecule has 4 aromatic heterocycles. The quantitative estimate of drug-likeness (QED) is 0.542. The van der Waals surface area contributed by atoms with Gasteiger partial charge in [-0.05, 0) is 24.3 Å². The molecule has 0 bridgehead atoms. The van der Waals surface area contributed by atoms with E-state index in [2.05, 4.69) is 20.1 Å². The fraction of sp³-hybridized carbons (Fsp3) is 0.111. The maximum atomic E-state index is 13.1. The van der Waals surface area contributed by atoms with Crippen molar-refractivity contribution in [2.75, 3.05) is 0 Å². The van der Waals surface area contributed by atoms with Gasteiger partial charge in [-0.2, -0.15) is 15.6 Å². The fourth-order valence-corrected chi connectivity index (χ4v) is 2.86. The van der Waals surface area contributed by atoms with Crippen LogP contribution in [-0.2, 0) is 6.54 Å². The first-order valence-corrected chi connectivity index (χ1v) is 8.05. The first-order valence-electron chi connectivity index (χ1n) is 8.05. The standard InChI is InChI=1S/C18H10F2N8/c19-15(20)9-27-10-25-17(11-3-4-23-12(5-11)6-21)18(27)14-1-2-16-24-8-13(7-22)28(16)26-14/h1-5,8,10,15H,9H2. The van der Waals surface area contributed by atoms with Crippen LogP contribution < -0.4 is 0 Å². The zero-order chi connectivity index (χ0) is 19.7. The van der Waals surface area contributed by atoms with Gasteiger partial charge in [0.05, 0.1) is 30.5 Å². The third-order valence-corrected chi connectivity index (χ3v) is 4.04. The molecule has 28 heavy (non-hydrogen) atoms. The fourth-order valence-electron chi connectivity index (χ4n) is 2.86. The van der Waals surface area contributed by atoms with Gasteiger partial charge in [0, 0.05) is 11.8 Å². The Morgan fingerprint density at radius 2 is 1.93 bits per heavy atom. The minimum Gasteiger partial charge on any atom is -0.323 e. The molecule has 0 aliphatic rings. The first kappa shape index (κ1) is 17.2. The normalized spacial score (nSPS) is 10.9. The number of fused-ring (bicyclic) bond motifs is 1. The molecule has 136 valence electrons. The summed E-state index contributed by atoms with van der Waals surface area (Å²) < 4.78 is 28.8. The average molecular weight is 376 g/mol. The third-order valence-electron chi connectivity index (χ3n) is 4.04. The number of halogens is 2. The van der Waals surface area contributed by atoms with Crippen LogP contribution in [0.3, 0.4) is 0 Å². The second kappa shape index (κ2) is 6.85.